The van der Waals surface area contributed by atoms with E-state index in [0.29, 0.717) is 18.8 Å². The lowest BCUT2D eigenvalue weighted by Gasteiger charge is -2.30. The van der Waals surface area contributed by atoms with Gasteiger partial charge in [-0.2, -0.15) is 5.10 Å². The van der Waals surface area contributed by atoms with Crippen molar-refractivity contribution in [1.29, 1.82) is 0 Å². The maximum atomic E-state index is 10.4. The van der Waals surface area contributed by atoms with Crippen molar-refractivity contribution in [3.8, 4) is 0 Å². The van der Waals surface area contributed by atoms with Crippen LogP contribution < -0.4 is 5.73 Å². The van der Waals surface area contributed by atoms with E-state index in [-0.39, 0.29) is 12.6 Å². The van der Waals surface area contributed by atoms with Crippen LogP contribution in [0.15, 0.2) is 0 Å². The molecule has 2 unspecified atom stereocenters. The van der Waals surface area contributed by atoms with E-state index in [1.807, 2.05) is 13.8 Å². The zero-order valence-corrected chi connectivity index (χ0v) is 13.1. The average molecular weight is 296 g/mol. The number of likely N-dealkylation sites (tertiary alicyclic amines) is 1. The highest BCUT2D eigenvalue weighted by Crippen LogP contribution is 2.18. The van der Waals surface area contributed by atoms with Crippen molar-refractivity contribution >= 4 is 5.69 Å². The van der Waals surface area contributed by atoms with Crippen molar-refractivity contribution in [2.75, 3.05) is 25.4 Å². The Morgan fingerprint density at radius 3 is 2.67 bits per heavy atom. The number of rotatable bonds is 5. The van der Waals surface area contributed by atoms with E-state index < -0.39 is 6.10 Å². The first kappa shape index (κ1) is 16.3. The largest absolute Gasteiger partial charge is 0.396 e. The second kappa shape index (κ2) is 7.24. The van der Waals surface area contributed by atoms with Gasteiger partial charge in [-0.1, -0.05) is 12.8 Å². The lowest BCUT2D eigenvalue weighted by molar-refractivity contribution is 0.0539. The summed E-state index contributed by atoms with van der Waals surface area (Å²) in [5, 5.41) is 24.2. The van der Waals surface area contributed by atoms with Crippen molar-refractivity contribution in [3.05, 3.63) is 11.4 Å². The van der Waals surface area contributed by atoms with Gasteiger partial charge in [-0.15, -0.1) is 0 Å². The maximum absolute atomic E-state index is 10.4. The molecule has 2 rings (SSSR count). The lowest BCUT2D eigenvalue weighted by atomic mass is 10.1. The van der Waals surface area contributed by atoms with E-state index in [0.717, 1.165) is 37.2 Å². The first-order chi connectivity index (χ1) is 10.0. The molecule has 4 N–H and O–H groups in total. The highest BCUT2D eigenvalue weighted by Gasteiger charge is 2.23. The number of aliphatic hydroxyl groups excluding tert-OH is 2. The number of nitrogen functional groups attached to an aromatic ring is 1. The van der Waals surface area contributed by atoms with Gasteiger partial charge >= 0.3 is 0 Å². The molecule has 1 aliphatic rings. The van der Waals surface area contributed by atoms with Crippen molar-refractivity contribution < 1.29 is 10.2 Å². The zero-order chi connectivity index (χ0) is 15.4. The maximum Gasteiger partial charge on any atom is 0.0862 e. The smallest absolute Gasteiger partial charge is 0.0862 e. The van der Waals surface area contributed by atoms with Gasteiger partial charge in [0.1, 0.15) is 0 Å². The van der Waals surface area contributed by atoms with E-state index in [1.54, 1.807) is 4.68 Å². The van der Waals surface area contributed by atoms with Gasteiger partial charge in [-0.25, -0.2) is 0 Å². The van der Waals surface area contributed by atoms with Gasteiger partial charge in [-0.3, -0.25) is 9.58 Å². The quantitative estimate of drug-likeness (QED) is 0.744. The van der Waals surface area contributed by atoms with Gasteiger partial charge in [-0.05, 0) is 33.2 Å². The average Bonchev–Trinajstić information content (AvgIpc) is 2.64. The number of aromatic nitrogens is 2. The Morgan fingerprint density at radius 1 is 1.29 bits per heavy atom. The number of aryl methyl sites for hydroxylation is 1. The predicted octanol–water partition coefficient (Wildman–Crippen LogP) is 0.680. The Kier molecular flexibility index (Phi) is 5.61. The fourth-order valence-electron chi connectivity index (χ4n) is 3.10. The number of β-amino-alcohol motifs (C(OH)–C–C–N with tert-alkyl or cyclic N) is 1. The molecule has 120 valence electrons. The number of hydrogen-bond acceptors (Lipinski definition) is 5. The highest BCUT2D eigenvalue weighted by molar-refractivity contribution is 5.46. The molecule has 2 atom stereocenters. The second-order valence-electron chi connectivity index (χ2n) is 6.10. The minimum absolute atomic E-state index is 0.166. The van der Waals surface area contributed by atoms with Gasteiger partial charge in [0.25, 0.3) is 0 Å². The molecule has 1 aromatic rings. The minimum Gasteiger partial charge on any atom is -0.396 e. The van der Waals surface area contributed by atoms with Crippen LogP contribution in [-0.2, 0) is 6.54 Å². The van der Waals surface area contributed by atoms with Gasteiger partial charge in [0.2, 0.25) is 0 Å². The van der Waals surface area contributed by atoms with Crippen LogP contribution in [0.1, 0.15) is 37.1 Å². The fourth-order valence-corrected chi connectivity index (χ4v) is 3.10. The third-order valence-corrected chi connectivity index (χ3v) is 4.48. The van der Waals surface area contributed by atoms with Crippen molar-refractivity contribution in [1.82, 2.24) is 14.7 Å². The Labute approximate surface area is 126 Å². The summed E-state index contributed by atoms with van der Waals surface area (Å²) in [5.74, 6) is 0. The molecule has 0 spiro atoms. The molecule has 2 heterocycles. The van der Waals surface area contributed by atoms with Crippen LogP contribution >= 0.6 is 0 Å². The van der Waals surface area contributed by atoms with Crippen LogP contribution in [0.25, 0.3) is 0 Å². The molecule has 0 bridgehead atoms. The number of nitrogens with two attached hydrogens (primary N) is 1. The fraction of sp³-hybridized carbons (Fsp3) is 0.800. The third-order valence-electron chi connectivity index (χ3n) is 4.48. The molecule has 6 heteroatoms. The SMILES string of the molecule is Cc1nn(CC(O)CN2CCCCCC2CO)c(C)c1N. The number of aliphatic hydroxyl groups is 2. The van der Waals surface area contributed by atoms with Crippen molar-refractivity contribution in [3.63, 3.8) is 0 Å². The summed E-state index contributed by atoms with van der Waals surface area (Å²) >= 11 is 0. The van der Waals surface area contributed by atoms with E-state index in [2.05, 4.69) is 10.00 Å². The summed E-state index contributed by atoms with van der Waals surface area (Å²) < 4.78 is 1.78. The molecule has 1 saturated heterocycles. The van der Waals surface area contributed by atoms with Gasteiger partial charge < -0.3 is 15.9 Å². The first-order valence-corrected chi connectivity index (χ1v) is 7.85. The highest BCUT2D eigenvalue weighted by atomic mass is 16.3. The lowest BCUT2D eigenvalue weighted by Crippen LogP contribution is -2.43. The Bertz CT molecular complexity index is 461. The number of anilines is 1. The molecule has 0 radical (unpaired) electrons. The summed E-state index contributed by atoms with van der Waals surface area (Å²) in [6.07, 6.45) is 4.00. The molecule has 1 fully saturated rings. The van der Waals surface area contributed by atoms with Crippen LogP contribution in [0.4, 0.5) is 5.69 Å². The molecule has 0 aliphatic carbocycles. The molecule has 1 aromatic heterocycles. The van der Waals surface area contributed by atoms with Crippen LogP contribution in [0.2, 0.25) is 0 Å². The minimum atomic E-state index is -0.505. The Balaban J connectivity index is 1.96. The summed E-state index contributed by atoms with van der Waals surface area (Å²) in [6, 6.07) is 0.174. The van der Waals surface area contributed by atoms with E-state index in [4.69, 9.17) is 5.73 Å². The van der Waals surface area contributed by atoms with E-state index >= 15 is 0 Å². The van der Waals surface area contributed by atoms with Gasteiger partial charge in [0, 0.05) is 12.6 Å². The molecule has 0 saturated carbocycles. The van der Waals surface area contributed by atoms with Crippen molar-refractivity contribution in [2.45, 2.75) is 58.2 Å². The standard InChI is InChI=1S/C15H28N4O2/c1-11-15(16)12(2)19(17-11)9-14(21)8-18-7-5-3-4-6-13(18)10-20/h13-14,20-21H,3-10,16H2,1-2H3. The van der Waals surface area contributed by atoms with Crippen LogP contribution in [0.5, 0.6) is 0 Å². The molecule has 21 heavy (non-hydrogen) atoms. The molecule has 0 amide bonds. The van der Waals surface area contributed by atoms with E-state index in [1.165, 1.54) is 6.42 Å². The van der Waals surface area contributed by atoms with Crippen LogP contribution in [0, 0.1) is 13.8 Å². The summed E-state index contributed by atoms with van der Waals surface area (Å²) in [7, 11) is 0. The topological polar surface area (TPSA) is 87.5 Å². The molecule has 1 aliphatic heterocycles. The Morgan fingerprint density at radius 2 is 2.05 bits per heavy atom. The summed E-state index contributed by atoms with van der Waals surface area (Å²) in [5.41, 5.74) is 8.33. The zero-order valence-electron chi connectivity index (χ0n) is 13.1. The molecule has 6 nitrogen and oxygen atoms in total. The second-order valence-corrected chi connectivity index (χ2v) is 6.10. The monoisotopic (exact) mass is 296 g/mol. The molecule has 0 aromatic carbocycles. The molecular formula is C15H28N4O2. The Hall–Kier alpha value is -1.11. The van der Waals surface area contributed by atoms with Gasteiger partial charge in [0.05, 0.1) is 36.3 Å². The normalized spacial score (nSPS) is 22.2. The summed E-state index contributed by atoms with van der Waals surface area (Å²) in [4.78, 5) is 2.21. The molecular weight excluding hydrogens is 268 g/mol. The third kappa shape index (κ3) is 3.96. The van der Waals surface area contributed by atoms with Gasteiger partial charge in [0.15, 0.2) is 0 Å². The number of nitrogens with zero attached hydrogens (tertiary/aromatic N) is 3. The van der Waals surface area contributed by atoms with Crippen LogP contribution in [0.3, 0.4) is 0 Å². The number of hydrogen-bond donors (Lipinski definition) is 3. The van der Waals surface area contributed by atoms with E-state index in [9.17, 15) is 10.2 Å². The summed E-state index contributed by atoms with van der Waals surface area (Å²) in [6.45, 7) is 5.93. The van der Waals surface area contributed by atoms with Crippen LogP contribution in [-0.4, -0.2) is 56.7 Å². The van der Waals surface area contributed by atoms with Crippen molar-refractivity contribution in [2.24, 2.45) is 0 Å². The predicted molar refractivity (Wildman–Crippen MR) is 83.0 cm³/mol. The first-order valence-electron chi connectivity index (χ1n) is 7.85.